The minimum atomic E-state index is -3.68. The summed E-state index contributed by atoms with van der Waals surface area (Å²) < 4.78 is 26.9. The van der Waals surface area contributed by atoms with E-state index in [1.807, 2.05) is 0 Å². The summed E-state index contributed by atoms with van der Waals surface area (Å²) in [5.74, 6) is 0.231. The van der Waals surface area contributed by atoms with Crippen LogP contribution in [0.15, 0.2) is 11.2 Å². The van der Waals surface area contributed by atoms with E-state index in [0.717, 1.165) is 17.1 Å². The zero-order valence-electron chi connectivity index (χ0n) is 10.2. The first kappa shape index (κ1) is 13.8. The Kier molecular flexibility index (Phi) is 3.68. The number of aryl methyl sites for hydroxylation is 1. The molecule has 0 spiro atoms. The van der Waals surface area contributed by atoms with E-state index in [9.17, 15) is 13.5 Å². The maximum Gasteiger partial charge on any atom is 0.261 e. The van der Waals surface area contributed by atoms with Gasteiger partial charge < -0.3 is 9.67 Å². The van der Waals surface area contributed by atoms with Crippen molar-refractivity contribution in [3.05, 3.63) is 11.5 Å². The largest absolute Gasteiger partial charge is 0.391 e. The summed E-state index contributed by atoms with van der Waals surface area (Å²) in [6.07, 6.45) is 2.68. The molecule has 1 aliphatic carbocycles. The highest BCUT2D eigenvalue weighted by molar-refractivity contribution is 7.89. The number of hydrogen-bond donors (Lipinski definition) is 1. The van der Waals surface area contributed by atoms with E-state index in [-0.39, 0.29) is 22.8 Å². The summed E-state index contributed by atoms with van der Waals surface area (Å²) in [6, 6.07) is 0. The quantitative estimate of drug-likeness (QED) is 0.856. The van der Waals surface area contributed by atoms with Crippen molar-refractivity contribution in [3.63, 3.8) is 0 Å². The molecule has 18 heavy (non-hydrogen) atoms. The highest BCUT2D eigenvalue weighted by Gasteiger charge is 2.33. The van der Waals surface area contributed by atoms with E-state index >= 15 is 0 Å². The van der Waals surface area contributed by atoms with Gasteiger partial charge in [0.1, 0.15) is 0 Å². The second kappa shape index (κ2) is 4.80. The molecule has 1 unspecified atom stereocenters. The van der Waals surface area contributed by atoms with Gasteiger partial charge in [-0.05, 0) is 30.4 Å². The zero-order valence-corrected chi connectivity index (χ0v) is 11.8. The Morgan fingerprint density at radius 3 is 2.72 bits per heavy atom. The van der Waals surface area contributed by atoms with E-state index in [1.165, 1.54) is 17.8 Å². The number of halogens is 1. The van der Waals surface area contributed by atoms with Crippen LogP contribution in [0.4, 0.5) is 0 Å². The minimum Gasteiger partial charge on any atom is -0.391 e. The van der Waals surface area contributed by atoms with Gasteiger partial charge in [-0.25, -0.2) is 13.4 Å². The molecule has 0 radical (unpaired) electrons. The lowest BCUT2D eigenvalue weighted by Gasteiger charge is -2.19. The molecule has 1 aromatic heterocycles. The maximum atomic E-state index is 12.2. The number of nitrogens with zero attached hydrogens (tertiary/aromatic N) is 3. The van der Waals surface area contributed by atoms with Crippen molar-refractivity contribution in [2.24, 2.45) is 13.0 Å². The van der Waals surface area contributed by atoms with E-state index in [2.05, 4.69) is 4.98 Å². The SMILES string of the molecule is CN(CC(O)C1CC1)S(=O)(=O)c1cn(C)c(Cl)n1. The summed E-state index contributed by atoms with van der Waals surface area (Å²) >= 11 is 5.73. The molecule has 0 saturated heterocycles. The minimum absolute atomic E-state index is 0.0845. The van der Waals surface area contributed by atoms with Gasteiger partial charge in [-0.15, -0.1) is 0 Å². The maximum absolute atomic E-state index is 12.2. The molecule has 1 heterocycles. The van der Waals surface area contributed by atoms with Crippen LogP contribution < -0.4 is 0 Å². The molecule has 6 nitrogen and oxygen atoms in total. The lowest BCUT2D eigenvalue weighted by atomic mass is 10.2. The number of sulfonamides is 1. The molecule has 0 bridgehead atoms. The van der Waals surface area contributed by atoms with Crippen LogP contribution in [0.3, 0.4) is 0 Å². The molecule has 1 aliphatic rings. The number of aromatic nitrogens is 2. The van der Waals surface area contributed by atoms with Crippen LogP contribution in [0.5, 0.6) is 0 Å². The number of aliphatic hydroxyl groups excluding tert-OH is 1. The van der Waals surface area contributed by atoms with Crippen LogP contribution in [0.25, 0.3) is 0 Å². The van der Waals surface area contributed by atoms with E-state index in [1.54, 1.807) is 7.05 Å². The highest BCUT2D eigenvalue weighted by atomic mass is 35.5. The summed E-state index contributed by atoms with van der Waals surface area (Å²) in [4.78, 5) is 3.79. The fourth-order valence-corrected chi connectivity index (χ4v) is 3.04. The third-order valence-electron chi connectivity index (χ3n) is 3.08. The second-order valence-electron chi connectivity index (χ2n) is 4.65. The van der Waals surface area contributed by atoms with Gasteiger partial charge >= 0.3 is 0 Å². The molecule has 2 rings (SSSR count). The average Bonchev–Trinajstić information content (AvgIpc) is 3.06. The van der Waals surface area contributed by atoms with Crippen molar-refractivity contribution >= 4 is 21.6 Å². The fourth-order valence-electron chi connectivity index (χ4n) is 1.69. The van der Waals surface area contributed by atoms with Crippen LogP contribution in [0.2, 0.25) is 5.28 Å². The molecule has 0 aliphatic heterocycles. The lowest BCUT2D eigenvalue weighted by Crippen LogP contribution is -2.35. The summed E-state index contributed by atoms with van der Waals surface area (Å²) in [5, 5.41) is 9.79. The van der Waals surface area contributed by atoms with Crippen molar-refractivity contribution in [2.75, 3.05) is 13.6 Å². The van der Waals surface area contributed by atoms with Gasteiger partial charge in [-0.1, -0.05) is 0 Å². The van der Waals surface area contributed by atoms with Crippen LogP contribution in [0, 0.1) is 5.92 Å². The molecular weight excluding hydrogens is 278 g/mol. The molecule has 1 aromatic rings. The number of likely N-dealkylation sites (N-methyl/N-ethyl adjacent to an activating group) is 1. The first-order valence-corrected chi connectivity index (χ1v) is 7.47. The summed E-state index contributed by atoms with van der Waals surface area (Å²) in [5.41, 5.74) is 0. The van der Waals surface area contributed by atoms with Gasteiger partial charge in [0, 0.05) is 26.8 Å². The lowest BCUT2D eigenvalue weighted by molar-refractivity contribution is 0.131. The molecule has 1 atom stereocenters. The van der Waals surface area contributed by atoms with Crippen molar-refractivity contribution in [1.29, 1.82) is 0 Å². The third-order valence-corrected chi connectivity index (χ3v) is 5.13. The van der Waals surface area contributed by atoms with Gasteiger partial charge in [-0.3, -0.25) is 0 Å². The van der Waals surface area contributed by atoms with Crippen LogP contribution in [-0.4, -0.2) is 47.1 Å². The molecule has 1 saturated carbocycles. The molecular formula is C10H16ClN3O3S. The van der Waals surface area contributed by atoms with Gasteiger partial charge in [0.25, 0.3) is 10.0 Å². The molecule has 1 N–H and O–H groups in total. The predicted octanol–water partition coefficient (Wildman–Crippen LogP) is 0.465. The summed E-state index contributed by atoms with van der Waals surface area (Å²) in [7, 11) is -0.632. The topological polar surface area (TPSA) is 75.4 Å². The van der Waals surface area contributed by atoms with Crippen molar-refractivity contribution in [1.82, 2.24) is 13.9 Å². The van der Waals surface area contributed by atoms with Gasteiger partial charge in [0.05, 0.1) is 6.10 Å². The molecule has 0 aromatic carbocycles. The standard InChI is InChI=1S/C10H16ClN3O3S/c1-13-6-9(12-10(13)11)18(16,17)14(2)5-8(15)7-3-4-7/h6-8,15H,3-5H2,1-2H3. The van der Waals surface area contributed by atoms with E-state index < -0.39 is 16.1 Å². The first-order valence-electron chi connectivity index (χ1n) is 5.65. The van der Waals surface area contributed by atoms with E-state index in [0.29, 0.717) is 0 Å². The van der Waals surface area contributed by atoms with Crippen LogP contribution in [0.1, 0.15) is 12.8 Å². The average molecular weight is 294 g/mol. The Bertz CT molecular complexity index is 519. The Balaban J connectivity index is 2.14. The van der Waals surface area contributed by atoms with Crippen LogP contribution >= 0.6 is 11.6 Å². The predicted molar refractivity (Wildman–Crippen MR) is 66.8 cm³/mol. The normalized spacial score (nSPS) is 18.3. The van der Waals surface area contributed by atoms with Crippen molar-refractivity contribution < 1.29 is 13.5 Å². The Hall–Kier alpha value is -0.630. The molecule has 8 heteroatoms. The zero-order chi connectivity index (χ0) is 13.5. The molecule has 102 valence electrons. The highest BCUT2D eigenvalue weighted by Crippen LogP contribution is 2.33. The van der Waals surface area contributed by atoms with Gasteiger partial charge in [0.2, 0.25) is 5.28 Å². The van der Waals surface area contributed by atoms with E-state index in [4.69, 9.17) is 11.6 Å². The van der Waals surface area contributed by atoms with Gasteiger partial charge in [0.15, 0.2) is 5.03 Å². The first-order chi connectivity index (χ1) is 8.32. The molecule has 1 fully saturated rings. The Morgan fingerprint density at radius 2 is 2.28 bits per heavy atom. The van der Waals surface area contributed by atoms with Gasteiger partial charge in [-0.2, -0.15) is 4.31 Å². The number of imidazole rings is 1. The Morgan fingerprint density at radius 1 is 1.67 bits per heavy atom. The molecule has 0 amide bonds. The smallest absolute Gasteiger partial charge is 0.261 e. The summed E-state index contributed by atoms with van der Waals surface area (Å²) in [6.45, 7) is 0.0845. The number of hydrogen-bond acceptors (Lipinski definition) is 4. The second-order valence-corrected chi connectivity index (χ2v) is 6.98. The fraction of sp³-hybridized carbons (Fsp3) is 0.700. The van der Waals surface area contributed by atoms with Crippen molar-refractivity contribution in [2.45, 2.75) is 24.0 Å². The number of rotatable bonds is 5. The van der Waals surface area contributed by atoms with Crippen LogP contribution in [-0.2, 0) is 17.1 Å². The monoisotopic (exact) mass is 293 g/mol. The van der Waals surface area contributed by atoms with Crippen molar-refractivity contribution in [3.8, 4) is 0 Å². The number of aliphatic hydroxyl groups is 1. The Labute approximate surface area is 111 Å². The third kappa shape index (κ3) is 2.69.